The summed E-state index contributed by atoms with van der Waals surface area (Å²) in [6.45, 7) is 7.14. The topological polar surface area (TPSA) is 85.0 Å². The van der Waals surface area contributed by atoms with Gasteiger partial charge in [-0.2, -0.15) is 5.10 Å². The van der Waals surface area contributed by atoms with Crippen molar-refractivity contribution >= 4 is 11.7 Å². The number of hydrogen-bond acceptors (Lipinski definition) is 5. The molecule has 2 N–H and O–H groups in total. The lowest BCUT2D eigenvalue weighted by Crippen LogP contribution is -2.41. The molecule has 0 aliphatic heterocycles. The zero-order valence-corrected chi connectivity index (χ0v) is 12.6. The van der Waals surface area contributed by atoms with E-state index in [0.717, 1.165) is 12.1 Å². The van der Waals surface area contributed by atoms with Crippen molar-refractivity contribution in [1.29, 1.82) is 0 Å². The lowest BCUT2D eigenvalue weighted by Gasteiger charge is -2.15. The maximum Gasteiger partial charge on any atom is 0.242 e. The van der Waals surface area contributed by atoms with E-state index in [4.69, 9.17) is 4.52 Å². The van der Waals surface area contributed by atoms with Crippen molar-refractivity contribution in [1.82, 2.24) is 20.3 Å². The van der Waals surface area contributed by atoms with Crippen LogP contribution in [0.5, 0.6) is 0 Å². The van der Waals surface area contributed by atoms with E-state index in [1.54, 1.807) is 13.0 Å². The van der Waals surface area contributed by atoms with Gasteiger partial charge in [0.25, 0.3) is 0 Å². The summed E-state index contributed by atoms with van der Waals surface area (Å²) in [4.78, 5) is 12.1. The molecule has 0 fully saturated rings. The van der Waals surface area contributed by atoms with Gasteiger partial charge >= 0.3 is 0 Å². The molecule has 1 amide bonds. The van der Waals surface area contributed by atoms with Gasteiger partial charge in [0, 0.05) is 18.8 Å². The number of anilines is 1. The lowest BCUT2D eigenvalue weighted by molar-refractivity contribution is -0.118. The smallest absolute Gasteiger partial charge is 0.242 e. The molecule has 2 rings (SSSR count). The van der Waals surface area contributed by atoms with E-state index in [1.165, 1.54) is 0 Å². The van der Waals surface area contributed by atoms with Crippen LogP contribution in [0.3, 0.4) is 0 Å². The van der Waals surface area contributed by atoms with E-state index in [-0.39, 0.29) is 11.9 Å². The molecule has 2 aromatic rings. The van der Waals surface area contributed by atoms with Crippen LogP contribution in [0, 0.1) is 13.8 Å². The Labute approximate surface area is 123 Å². The molecule has 0 saturated heterocycles. The van der Waals surface area contributed by atoms with Crippen molar-refractivity contribution in [3.05, 3.63) is 29.8 Å². The number of carbonyl (C=O) groups is 1. The molecular weight excluding hydrogens is 270 g/mol. The van der Waals surface area contributed by atoms with Crippen LogP contribution < -0.4 is 10.6 Å². The first-order valence-corrected chi connectivity index (χ1v) is 7.05. The van der Waals surface area contributed by atoms with E-state index < -0.39 is 0 Å². The van der Waals surface area contributed by atoms with E-state index in [9.17, 15) is 4.79 Å². The molecule has 7 nitrogen and oxygen atoms in total. The van der Waals surface area contributed by atoms with E-state index in [1.807, 2.05) is 30.9 Å². The molecule has 114 valence electrons. The first-order chi connectivity index (χ1) is 10.1. The average Bonchev–Trinajstić information content (AvgIpc) is 3.03. The van der Waals surface area contributed by atoms with E-state index in [2.05, 4.69) is 20.9 Å². The third kappa shape index (κ3) is 4.42. The zero-order chi connectivity index (χ0) is 15.2. The van der Waals surface area contributed by atoms with Gasteiger partial charge in [0.1, 0.15) is 5.76 Å². The second-order valence-corrected chi connectivity index (χ2v) is 5.01. The molecule has 0 aliphatic rings. The second kappa shape index (κ2) is 7.03. The minimum Gasteiger partial charge on any atom is -0.360 e. The summed E-state index contributed by atoms with van der Waals surface area (Å²) in [5.41, 5.74) is 1.13. The number of nitrogens with zero attached hydrogens (tertiary/aromatic N) is 3. The Bertz CT molecular complexity index is 590. The molecule has 1 atom stereocenters. The van der Waals surface area contributed by atoms with Gasteiger partial charge in [0.15, 0.2) is 5.82 Å². The van der Waals surface area contributed by atoms with Crippen LogP contribution in [-0.2, 0) is 11.3 Å². The highest BCUT2D eigenvalue weighted by molar-refractivity contribution is 5.93. The Balaban J connectivity index is 1.80. The number of rotatable bonds is 7. The Kier molecular flexibility index (Phi) is 5.10. The van der Waals surface area contributed by atoms with Crippen LogP contribution in [0.15, 0.2) is 23.0 Å². The molecule has 21 heavy (non-hydrogen) atoms. The normalized spacial score (nSPS) is 12.3. The number of amides is 1. The predicted octanol–water partition coefficient (Wildman–Crippen LogP) is 1.49. The van der Waals surface area contributed by atoms with E-state index >= 15 is 0 Å². The highest BCUT2D eigenvalue weighted by Gasteiger charge is 2.17. The predicted molar refractivity (Wildman–Crippen MR) is 78.9 cm³/mol. The molecule has 0 aliphatic carbocycles. The van der Waals surface area contributed by atoms with Gasteiger partial charge in [0.2, 0.25) is 5.91 Å². The Hall–Kier alpha value is -2.15. The van der Waals surface area contributed by atoms with Crippen molar-refractivity contribution in [2.45, 2.75) is 39.8 Å². The fraction of sp³-hybridized carbons (Fsp3) is 0.500. The minimum absolute atomic E-state index is 0.109. The van der Waals surface area contributed by atoms with Crippen molar-refractivity contribution in [2.75, 3.05) is 11.9 Å². The Morgan fingerprint density at radius 2 is 2.29 bits per heavy atom. The minimum atomic E-state index is -0.265. The maximum absolute atomic E-state index is 12.1. The fourth-order valence-corrected chi connectivity index (χ4v) is 2.00. The molecule has 0 aromatic carbocycles. The number of carbonyl (C=O) groups excluding carboxylic acids is 1. The van der Waals surface area contributed by atoms with Crippen molar-refractivity contribution in [3.63, 3.8) is 0 Å². The van der Waals surface area contributed by atoms with Crippen LogP contribution >= 0.6 is 0 Å². The standard InChI is InChI=1S/C14H21N5O2/c1-4-12(14(20)17-13-7-11(3)21-18-13)15-5-6-19-9-10(2)8-16-19/h7-9,12,15H,4-6H2,1-3H3,(H,17,18,20)/t12-/m1/s1. The summed E-state index contributed by atoms with van der Waals surface area (Å²) in [5, 5.41) is 13.9. The summed E-state index contributed by atoms with van der Waals surface area (Å²) >= 11 is 0. The fourth-order valence-electron chi connectivity index (χ4n) is 2.00. The number of hydrogen-bond donors (Lipinski definition) is 2. The van der Waals surface area contributed by atoms with Crippen molar-refractivity contribution < 1.29 is 9.32 Å². The quantitative estimate of drug-likeness (QED) is 0.807. The largest absolute Gasteiger partial charge is 0.360 e. The van der Waals surface area contributed by atoms with Gasteiger partial charge < -0.3 is 15.2 Å². The number of nitrogens with one attached hydrogen (secondary N) is 2. The van der Waals surface area contributed by atoms with Gasteiger partial charge in [-0.05, 0) is 25.8 Å². The molecule has 0 radical (unpaired) electrons. The number of aromatic nitrogens is 3. The third-order valence-corrected chi connectivity index (χ3v) is 3.10. The zero-order valence-electron chi connectivity index (χ0n) is 12.6. The summed E-state index contributed by atoms with van der Waals surface area (Å²) in [6, 6.07) is 1.43. The Morgan fingerprint density at radius 1 is 1.48 bits per heavy atom. The molecule has 7 heteroatoms. The molecule has 0 bridgehead atoms. The summed E-state index contributed by atoms with van der Waals surface area (Å²) in [6.07, 6.45) is 4.48. The third-order valence-electron chi connectivity index (χ3n) is 3.10. The monoisotopic (exact) mass is 291 g/mol. The highest BCUT2D eigenvalue weighted by atomic mass is 16.5. The van der Waals surface area contributed by atoms with Crippen LogP contribution in [0.2, 0.25) is 0 Å². The summed E-state index contributed by atoms with van der Waals surface area (Å²) < 4.78 is 6.78. The van der Waals surface area contributed by atoms with Crippen LogP contribution in [0.25, 0.3) is 0 Å². The van der Waals surface area contributed by atoms with Gasteiger partial charge in [-0.25, -0.2) is 0 Å². The van der Waals surface area contributed by atoms with Crippen LogP contribution in [0.1, 0.15) is 24.7 Å². The number of aryl methyl sites for hydroxylation is 2. The maximum atomic E-state index is 12.1. The molecule has 2 heterocycles. The second-order valence-electron chi connectivity index (χ2n) is 5.01. The molecule has 0 unspecified atom stereocenters. The average molecular weight is 291 g/mol. The summed E-state index contributed by atoms with van der Waals surface area (Å²) in [7, 11) is 0. The van der Waals surface area contributed by atoms with Crippen molar-refractivity contribution in [3.8, 4) is 0 Å². The summed E-state index contributed by atoms with van der Waals surface area (Å²) in [5.74, 6) is 1.00. The van der Waals surface area contributed by atoms with Crippen LogP contribution in [0.4, 0.5) is 5.82 Å². The highest BCUT2D eigenvalue weighted by Crippen LogP contribution is 2.08. The van der Waals surface area contributed by atoms with Gasteiger partial charge in [0.05, 0.1) is 18.8 Å². The van der Waals surface area contributed by atoms with Gasteiger partial charge in [-0.15, -0.1) is 0 Å². The molecule has 0 spiro atoms. The first-order valence-electron chi connectivity index (χ1n) is 7.05. The first kappa shape index (κ1) is 15.2. The SMILES string of the molecule is CC[C@@H](NCCn1cc(C)cn1)C(=O)Nc1cc(C)on1. The molecular formula is C14H21N5O2. The van der Waals surface area contributed by atoms with Gasteiger partial charge in [-0.3, -0.25) is 9.48 Å². The van der Waals surface area contributed by atoms with Crippen molar-refractivity contribution in [2.24, 2.45) is 0 Å². The van der Waals surface area contributed by atoms with Crippen LogP contribution in [-0.4, -0.2) is 33.4 Å². The van der Waals surface area contributed by atoms with E-state index in [0.29, 0.717) is 24.5 Å². The Morgan fingerprint density at radius 3 is 2.86 bits per heavy atom. The molecule has 0 saturated carbocycles. The molecule has 2 aromatic heterocycles. The lowest BCUT2D eigenvalue weighted by atomic mass is 10.2. The van der Waals surface area contributed by atoms with Gasteiger partial charge in [-0.1, -0.05) is 12.1 Å².